The van der Waals surface area contributed by atoms with Gasteiger partial charge in [-0.05, 0) is 57.8 Å². The number of carbonyl (C=O) groups is 1. The standard InChI is InChI=1S/C58H109N2O6P/c1-6-8-10-12-14-16-18-20-22-24-25-26-27-28-29-30-31-32-33-34-36-37-39-41-43-45-47-49-51-57(61)56(55-66-67(63,64)65-54-53-60(3,4)5)59-58(62)52-50-48-46-44-42-40-38-35-23-21-19-17-15-13-11-9-7-2/h9,11,15,17,21,23,38,40,49,51,56-57,61H,6-8,10,12-14,16,18-20,22,24-37,39,41-48,50,52-55H2,1-5H3,(H-,59,62,63,64)/b11-9-,17-15-,23-21-,40-38-,51-49+. The summed E-state index contributed by atoms with van der Waals surface area (Å²) in [6, 6.07) is -0.903. The van der Waals surface area contributed by atoms with Crippen LogP contribution >= 0.6 is 7.82 Å². The molecule has 0 aliphatic heterocycles. The van der Waals surface area contributed by atoms with Gasteiger partial charge in [0.05, 0.1) is 39.9 Å². The smallest absolute Gasteiger partial charge is 0.268 e. The molecule has 0 aromatic heterocycles. The van der Waals surface area contributed by atoms with E-state index >= 15 is 0 Å². The number of quaternary nitrogens is 1. The van der Waals surface area contributed by atoms with E-state index < -0.39 is 26.6 Å². The number of hydrogen-bond donors (Lipinski definition) is 2. The number of amides is 1. The Balaban J connectivity index is 4.21. The average molecular weight is 961 g/mol. The van der Waals surface area contributed by atoms with Gasteiger partial charge in [-0.1, -0.05) is 248 Å². The Labute approximate surface area is 415 Å². The van der Waals surface area contributed by atoms with Crippen molar-refractivity contribution < 1.29 is 32.9 Å². The Kier molecular flexibility index (Phi) is 47.9. The van der Waals surface area contributed by atoms with Crippen LogP contribution in [0.25, 0.3) is 0 Å². The Morgan fingerprint density at radius 3 is 1.33 bits per heavy atom. The van der Waals surface area contributed by atoms with Crippen molar-refractivity contribution in [3.05, 3.63) is 60.8 Å². The fourth-order valence-corrected chi connectivity index (χ4v) is 8.81. The van der Waals surface area contributed by atoms with Crippen LogP contribution in [0.3, 0.4) is 0 Å². The van der Waals surface area contributed by atoms with Crippen molar-refractivity contribution in [3.8, 4) is 0 Å². The Morgan fingerprint density at radius 1 is 0.537 bits per heavy atom. The minimum absolute atomic E-state index is 0.00826. The maximum atomic E-state index is 12.9. The first-order valence-electron chi connectivity index (χ1n) is 28.2. The van der Waals surface area contributed by atoms with Crippen LogP contribution in [0.5, 0.6) is 0 Å². The Bertz CT molecular complexity index is 1270. The van der Waals surface area contributed by atoms with Crippen LogP contribution in [-0.2, 0) is 18.4 Å². The van der Waals surface area contributed by atoms with E-state index in [4.69, 9.17) is 9.05 Å². The van der Waals surface area contributed by atoms with E-state index in [9.17, 15) is 19.4 Å². The molecule has 0 heterocycles. The van der Waals surface area contributed by atoms with Crippen molar-refractivity contribution in [3.63, 3.8) is 0 Å². The lowest BCUT2D eigenvalue weighted by atomic mass is 10.0. The van der Waals surface area contributed by atoms with Crippen LogP contribution in [0.15, 0.2) is 60.8 Å². The molecule has 0 aromatic carbocycles. The Morgan fingerprint density at radius 2 is 0.910 bits per heavy atom. The van der Waals surface area contributed by atoms with E-state index in [2.05, 4.69) is 67.8 Å². The molecule has 0 aliphatic carbocycles. The largest absolute Gasteiger partial charge is 0.756 e. The lowest BCUT2D eigenvalue weighted by Gasteiger charge is -2.29. The number of phosphoric acid groups is 1. The van der Waals surface area contributed by atoms with Gasteiger partial charge >= 0.3 is 0 Å². The van der Waals surface area contributed by atoms with Crippen LogP contribution < -0.4 is 10.2 Å². The summed E-state index contributed by atoms with van der Waals surface area (Å²) < 4.78 is 23.3. The second-order valence-electron chi connectivity index (χ2n) is 20.3. The third-order valence-electron chi connectivity index (χ3n) is 12.5. The molecule has 3 atom stereocenters. The zero-order valence-electron chi connectivity index (χ0n) is 44.6. The van der Waals surface area contributed by atoms with Gasteiger partial charge < -0.3 is 28.8 Å². The van der Waals surface area contributed by atoms with Crippen molar-refractivity contribution in [1.29, 1.82) is 0 Å². The molecule has 0 saturated carbocycles. The maximum absolute atomic E-state index is 12.9. The average Bonchev–Trinajstić information content (AvgIpc) is 3.29. The third kappa shape index (κ3) is 51.9. The van der Waals surface area contributed by atoms with Gasteiger partial charge in [-0.3, -0.25) is 9.36 Å². The van der Waals surface area contributed by atoms with Crippen molar-refractivity contribution >= 4 is 13.7 Å². The summed E-state index contributed by atoms with van der Waals surface area (Å²) in [5.41, 5.74) is 0. The fraction of sp³-hybridized carbons (Fsp3) is 0.810. The monoisotopic (exact) mass is 961 g/mol. The summed E-state index contributed by atoms with van der Waals surface area (Å²) in [7, 11) is 1.24. The van der Waals surface area contributed by atoms with Gasteiger partial charge in [0.25, 0.3) is 7.82 Å². The van der Waals surface area contributed by atoms with Crippen LogP contribution in [0, 0.1) is 0 Å². The van der Waals surface area contributed by atoms with E-state index in [0.717, 1.165) is 77.0 Å². The van der Waals surface area contributed by atoms with Crippen LogP contribution in [0.2, 0.25) is 0 Å². The summed E-state index contributed by atoms with van der Waals surface area (Å²) >= 11 is 0. The molecule has 0 aliphatic rings. The molecule has 0 fully saturated rings. The van der Waals surface area contributed by atoms with Gasteiger partial charge in [0, 0.05) is 6.42 Å². The number of phosphoric ester groups is 1. The number of allylic oxidation sites excluding steroid dienone is 9. The summed E-state index contributed by atoms with van der Waals surface area (Å²) in [5.74, 6) is -0.220. The van der Waals surface area contributed by atoms with E-state index in [1.165, 1.54) is 154 Å². The molecule has 3 unspecified atom stereocenters. The molecule has 9 heteroatoms. The number of aliphatic hydroxyl groups is 1. The minimum Gasteiger partial charge on any atom is -0.756 e. The molecular weight excluding hydrogens is 852 g/mol. The van der Waals surface area contributed by atoms with Gasteiger partial charge in [0.2, 0.25) is 5.91 Å². The molecule has 0 radical (unpaired) electrons. The van der Waals surface area contributed by atoms with Crippen molar-refractivity contribution in [1.82, 2.24) is 5.32 Å². The topological polar surface area (TPSA) is 108 Å². The van der Waals surface area contributed by atoms with Crippen molar-refractivity contribution in [2.24, 2.45) is 0 Å². The summed E-state index contributed by atoms with van der Waals surface area (Å²) in [6.45, 7) is 4.53. The van der Waals surface area contributed by atoms with Gasteiger partial charge in [0.15, 0.2) is 0 Å². The molecule has 1 amide bonds. The maximum Gasteiger partial charge on any atom is 0.268 e. The molecule has 67 heavy (non-hydrogen) atoms. The molecule has 8 nitrogen and oxygen atoms in total. The van der Waals surface area contributed by atoms with Gasteiger partial charge in [-0.25, -0.2) is 0 Å². The van der Waals surface area contributed by atoms with E-state index in [1.807, 2.05) is 27.2 Å². The quantitative estimate of drug-likeness (QED) is 0.0272. The highest BCUT2D eigenvalue weighted by Crippen LogP contribution is 2.38. The summed E-state index contributed by atoms with van der Waals surface area (Å²) in [6.07, 6.45) is 65.9. The zero-order chi connectivity index (χ0) is 49.2. The van der Waals surface area contributed by atoms with Crippen LogP contribution in [-0.4, -0.2) is 68.5 Å². The van der Waals surface area contributed by atoms with Crippen LogP contribution in [0.1, 0.15) is 251 Å². The molecule has 0 spiro atoms. The van der Waals surface area contributed by atoms with Crippen molar-refractivity contribution in [2.45, 2.75) is 264 Å². The van der Waals surface area contributed by atoms with Crippen LogP contribution in [0.4, 0.5) is 0 Å². The first-order valence-corrected chi connectivity index (χ1v) is 29.6. The molecular formula is C58H109N2O6P. The molecule has 0 aromatic rings. The van der Waals surface area contributed by atoms with Gasteiger partial charge in [-0.2, -0.15) is 0 Å². The first-order chi connectivity index (χ1) is 32.5. The number of rotatable bonds is 51. The highest BCUT2D eigenvalue weighted by atomic mass is 31.2. The Hall–Kier alpha value is -1.80. The molecule has 392 valence electrons. The van der Waals surface area contributed by atoms with Crippen molar-refractivity contribution in [2.75, 3.05) is 40.9 Å². The lowest BCUT2D eigenvalue weighted by Crippen LogP contribution is -2.45. The van der Waals surface area contributed by atoms with Gasteiger partial charge in [0.1, 0.15) is 13.2 Å². The second kappa shape index (κ2) is 49.2. The summed E-state index contributed by atoms with van der Waals surface area (Å²) in [4.78, 5) is 25.4. The normalized spacial score (nSPS) is 14.4. The molecule has 0 bridgehead atoms. The number of unbranched alkanes of at least 4 members (excludes halogenated alkanes) is 30. The number of nitrogens with zero attached hydrogens (tertiary/aromatic N) is 1. The number of hydrogen-bond acceptors (Lipinski definition) is 6. The molecule has 0 rings (SSSR count). The van der Waals surface area contributed by atoms with Gasteiger partial charge in [-0.15, -0.1) is 0 Å². The third-order valence-corrected chi connectivity index (χ3v) is 13.4. The number of nitrogens with one attached hydrogen (secondary N) is 1. The lowest BCUT2D eigenvalue weighted by molar-refractivity contribution is -0.870. The van der Waals surface area contributed by atoms with E-state index in [-0.39, 0.29) is 12.5 Å². The number of aliphatic hydroxyl groups excluding tert-OH is 1. The molecule has 2 N–H and O–H groups in total. The first kappa shape index (κ1) is 65.2. The zero-order valence-corrected chi connectivity index (χ0v) is 45.5. The van der Waals surface area contributed by atoms with E-state index in [0.29, 0.717) is 17.4 Å². The second-order valence-corrected chi connectivity index (χ2v) is 21.7. The predicted octanol–water partition coefficient (Wildman–Crippen LogP) is 16.3. The predicted molar refractivity (Wildman–Crippen MR) is 288 cm³/mol. The highest BCUT2D eigenvalue weighted by molar-refractivity contribution is 7.45. The number of likely N-dealkylation sites (N-methyl/N-ethyl adjacent to an activating group) is 1. The fourth-order valence-electron chi connectivity index (χ4n) is 8.09. The minimum atomic E-state index is -4.61. The SMILES string of the molecule is CC/C=C\C/C=C\C/C=C\C/C=C\CCCCCCC(=O)NC(COP(=O)([O-])OCC[N+](C)(C)C)C(O)/C=C/CCCCCCCCCCCCCCCCCCCCCCCCCCCC. The summed E-state index contributed by atoms with van der Waals surface area (Å²) in [5, 5.41) is 13.9. The molecule has 0 saturated heterocycles. The van der Waals surface area contributed by atoms with E-state index in [1.54, 1.807) is 6.08 Å². The number of carbonyl (C=O) groups excluding carboxylic acids is 1. The highest BCUT2D eigenvalue weighted by Gasteiger charge is 2.23.